The van der Waals surface area contributed by atoms with Gasteiger partial charge in [0.2, 0.25) is 0 Å². The van der Waals surface area contributed by atoms with Gasteiger partial charge in [-0.3, -0.25) is 4.68 Å². The van der Waals surface area contributed by atoms with Crippen molar-refractivity contribution in [3.63, 3.8) is 0 Å². The molecule has 2 aromatic rings. The van der Waals surface area contributed by atoms with Gasteiger partial charge in [0.15, 0.2) is 0 Å². The van der Waals surface area contributed by atoms with Gasteiger partial charge in [0, 0.05) is 0 Å². The van der Waals surface area contributed by atoms with Crippen molar-refractivity contribution in [3.8, 4) is 0 Å². The fraction of sp³-hybridized carbons (Fsp3) is 0.375. The van der Waals surface area contributed by atoms with E-state index in [0.29, 0.717) is 30.6 Å². The van der Waals surface area contributed by atoms with E-state index in [2.05, 4.69) is 11.2 Å². The second-order valence-corrected chi connectivity index (χ2v) is 4.93. The number of aromatic carboxylic acids is 1. The van der Waals surface area contributed by atoms with E-state index in [9.17, 15) is 9.90 Å². The molecule has 106 valence electrons. The third-order valence-electron chi connectivity index (χ3n) is 3.43. The van der Waals surface area contributed by atoms with E-state index in [1.165, 1.54) is 5.56 Å². The Labute approximate surface area is 119 Å². The van der Waals surface area contributed by atoms with E-state index < -0.39 is 5.97 Å². The summed E-state index contributed by atoms with van der Waals surface area (Å²) in [5.74, 6) is -0.880. The summed E-state index contributed by atoms with van der Waals surface area (Å²) >= 11 is 0. The third-order valence-corrected chi connectivity index (χ3v) is 3.43. The highest BCUT2D eigenvalue weighted by atomic mass is 16.4. The lowest BCUT2D eigenvalue weighted by atomic mass is 10.1. The highest BCUT2D eigenvalue weighted by molar-refractivity contribution is 5.90. The standard InChI is InChI=1S/C16H20N2O2/c1-4-13-15(16(19)20)14(5-2)18(17-13)10-12-8-6-7-11(3)9-12/h6-9H,4-5,10H2,1-3H3,(H,19,20). The van der Waals surface area contributed by atoms with Gasteiger partial charge >= 0.3 is 5.97 Å². The Morgan fingerprint density at radius 1 is 1.30 bits per heavy atom. The lowest BCUT2D eigenvalue weighted by Crippen LogP contribution is -2.08. The molecule has 1 aromatic carbocycles. The first-order chi connectivity index (χ1) is 9.56. The normalized spacial score (nSPS) is 10.8. The molecule has 0 bridgehead atoms. The second-order valence-electron chi connectivity index (χ2n) is 4.93. The number of nitrogens with zero attached hydrogens (tertiary/aromatic N) is 2. The number of carboxylic acids is 1. The van der Waals surface area contributed by atoms with Crippen LogP contribution in [0.25, 0.3) is 0 Å². The van der Waals surface area contributed by atoms with Crippen LogP contribution in [-0.4, -0.2) is 20.9 Å². The Morgan fingerprint density at radius 3 is 2.60 bits per heavy atom. The van der Waals surface area contributed by atoms with Crippen molar-refractivity contribution in [1.82, 2.24) is 9.78 Å². The molecular formula is C16H20N2O2. The van der Waals surface area contributed by atoms with Gasteiger partial charge < -0.3 is 5.11 Å². The van der Waals surface area contributed by atoms with E-state index in [1.54, 1.807) is 0 Å². The molecule has 0 spiro atoms. The molecule has 2 rings (SSSR count). The molecule has 0 aliphatic heterocycles. The first kappa shape index (κ1) is 14.3. The Bertz CT molecular complexity index is 629. The second kappa shape index (κ2) is 5.90. The van der Waals surface area contributed by atoms with Crippen LogP contribution in [0.15, 0.2) is 24.3 Å². The average molecular weight is 272 g/mol. The minimum Gasteiger partial charge on any atom is -0.478 e. The molecule has 0 aliphatic rings. The van der Waals surface area contributed by atoms with E-state index in [4.69, 9.17) is 0 Å². The number of aryl methyl sites for hydroxylation is 2. The first-order valence-electron chi connectivity index (χ1n) is 6.94. The molecule has 0 atom stereocenters. The van der Waals surface area contributed by atoms with Gasteiger partial charge in [0.1, 0.15) is 5.56 Å². The quantitative estimate of drug-likeness (QED) is 0.910. The molecule has 1 N–H and O–H groups in total. The summed E-state index contributed by atoms with van der Waals surface area (Å²) < 4.78 is 1.83. The Balaban J connectivity index is 2.44. The summed E-state index contributed by atoms with van der Waals surface area (Å²) in [5.41, 5.74) is 4.18. The summed E-state index contributed by atoms with van der Waals surface area (Å²) in [4.78, 5) is 11.4. The van der Waals surface area contributed by atoms with Gasteiger partial charge in [-0.1, -0.05) is 43.7 Å². The van der Waals surface area contributed by atoms with Crippen LogP contribution in [0.5, 0.6) is 0 Å². The number of benzene rings is 1. The topological polar surface area (TPSA) is 55.1 Å². The zero-order valence-electron chi connectivity index (χ0n) is 12.2. The Kier molecular flexibility index (Phi) is 4.23. The van der Waals surface area contributed by atoms with E-state index in [0.717, 1.165) is 11.3 Å². The first-order valence-corrected chi connectivity index (χ1v) is 6.94. The van der Waals surface area contributed by atoms with Crippen LogP contribution in [0.4, 0.5) is 0 Å². The fourth-order valence-corrected chi connectivity index (χ4v) is 2.52. The molecule has 20 heavy (non-hydrogen) atoms. The highest BCUT2D eigenvalue weighted by Gasteiger charge is 2.21. The van der Waals surface area contributed by atoms with Gasteiger partial charge in [0.05, 0.1) is 17.9 Å². The van der Waals surface area contributed by atoms with Crippen LogP contribution in [0.3, 0.4) is 0 Å². The van der Waals surface area contributed by atoms with Crippen molar-refractivity contribution in [2.45, 2.75) is 40.2 Å². The van der Waals surface area contributed by atoms with E-state index >= 15 is 0 Å². The monoisotopic (exact) mass is 272 g/mol. The lowest BCUT2D eigenvalue weighted by Gasteiger charge is -2.07. The number of carboxylic acid groups (broad SMARTS) is 1. The lowest BCUT2D eigenvalue weighted by molar-refractivity contribution is 0.0694. The maximum Gasteiger partial charge on any atom is 0.339 e. The predicted octanol–water partition coefficient (Wildman–Crippen LogP) is 3.06. The summed E-state index contributed by atoms with van der Waals surface area (Å²) in [6, 6.07) is 8.21. The van der Waals surface area contributed by atoms with Crippen molar-refractivity contribution < 1.29 is 9.90 Å². The summed E-state index contributed by atoms with van der Waals surface area (Å²) in [5, 5.41) is 13.9. The molecule has 1 aromatic heterocycles. The van der Waals surface area contributed by atoms with Crippen LogP contribution in [-0.2, 0) is 19.4 Å². The summed E-state index contributed by atoms with van der Waals surface area (Å²) in [6.07, 6.45) is 1.30. The van der Waals surface area contributed by atoms with Crippen LogP contribution in [0.1, 0.15) is 46.7 Å². The Hall–Kier alpha value is -2.10. The molecule has 0 aliphatic carbocycles. The minimum absolute atomic E-state index is 0.377. The smallest absolute Gasteiger partial charge is 0.339 e. The molecule has 0 radical (unpaired) electrons. The molecule has 0 saturated carbocycles. The largest absolute Gasteiger partial charge is 0.478 e. The van der Waals surface area contributed by atoms with Crippen molar-refractivity contribution in [2.24, 2.45) is 0 Å². The van der Waals surface area contributed by atoms with E-state index in [-0.39, 0.29) is 0 Å². The van der Waals surface area contributed by atoms with E-state index in [1.807, 2.05) is 43.7 Å². The van der Waals surface area contributed by atoms with Gasteiger partial charge in [-0.15, -0.1) is 0 Å². The molecule has 4 nitrogen and oxygen atoms in total. The van der Waals surface area contributed by atoms with Crippen molar-refractivity contribution in [2.75, 3.05) is 0 Å². The van der Waals surface area contributed by atoms with Crippen LogP contribution < -0.4 is 0 Å². The molecule has 1 heterocycles. The fourth-order valence-electron chi connectivity index (χ4n) is 2.52. The van der Waals surface area contributed by atoms with Crippen LogP contribution in [0.2, 0.25) is 0 Å². The zero-order chi connectivity index (χ0) is 14.7. The molecule has 0 unspecified atom stereocenters. The molecule has 0 saturated heterocycles. The predicted molar refractivity (Wildman–Crippen MR) is 78.2 cm³/mol. The van der Waals surface area contributed by atoms with Gasteiger partial charge in [0.25, 0.3) is 0 Å². The number of carbonyl (C=O) groups is 1. The molecule has 0 amide bonds. The maximum absolute atomic E-state index is 11.4. The van der Waals surface area contributed by atoms with Gasteiger partial charge in [-0.25, -0.2) is 4.79 Å². The number of hydrogen-bond acceptors (Lipinski definition) is 2. The minimum atomic E-state index is -0.880. The van der Waals surface area contributed by atoms with Crippen LogP contribution in [0, 0.1) is 6.92 Å². The van der Waals surface area contributed by atoms with Crippen molar-refractivity contribution in [1.29, 1.82) is 0 Å². The molecular weight excluding hydrogens is 252 g/mol. The van der Waals surface area contributed by atoms with Crippen molar-refractivity contribution >= 4 is 5.97 Å². The Morgan fingerprint density at radius 2 is 2.05 bits per heavy atom. The number of aromatic nitrogens is 2. The maximum atomic E-state index is 11.4. The summed E-state index contributed by atoms with van der Waals surface area (Å²) in [7, 11) is 0. The SMILES string of the molecule is CCc1nn(Cc2cccc(C)c2)c(CC)c1C(=O)O. The molecule has 0 fully saturated rings. The number of hydrogen-bond donors (Lipinski definition) is 1. The van der Waals surface area contributed by atoms with Crippen LogP contribution >= 0.6 is 0 Å². The van der Waals surface area contributed by atoms with Crippen molar-refractivity contribution in [3.05, 3.63) is 52.3 Å². The molecule has 4 heteroatoms. The zero-order valence-corrected chi connectivity index (χ0v) is 12.2. The third kappa shape index (κ3) is 2.74. The number of rotatable bonds is 5. The summed E-state index contributed by atoms with van der Waals surface area (Å²) in [6.45, 7) is 6.57. The highest BCUT2D eigenvalue weighted by Crippen LogP contribution is 2.18. The van der Waals surface area contributed by atoms with Gasteiger partial charge in [-0.05, 0) is 25.3 Å². The average Bonchev–Trinajstić information content (AvgIpc) is 2.76. The van der Waals surface area contributed by atoms with Gasteiger partial charge in [-0.2, -0.15) is 5.10 Å².